The molecular weight excluding hydrogens is 552 g/mol. The second-order valence-electron chi connectivity index (χ2n) is 7.77. The van der Waals surface area contributed by atoms with Crippen molar-refractivity contribution >= 4 is 15.6 Å². The molecular formula is C15H23N5O15P2. The maximum atomic E-state index is 12.3. The fourth-order valence-electron chi connectivity index (χ4n) is 3.50. The quantitative estimate of drug-likeness (QED) is 0.0659. The number of hydrogen-bond acceptors (Lipinski definition) is 14. The summed E-state index contributed by atoms with van der Waals surface area (Å²) in [5.74, 6) is 0. The lowest BCUT2D eigenvalue weighted by Crippen LogP contribution is -2.58. The summed E-state index contributed by atoms with van der Waals surface area (Å²) >= 11 is 0. The SMILES string of the molecule is [N-]=[N+]=N[C@H]1C[C@H](n2ccc(=O)[nH]c2=O)O[C@@H]1COP(=O)(O)OP(=O)(O)O[C@H]1O[C@H](CO)[C@H](O)[C@H](O)[C@H]1O. The number of H-pyrrole nitrogens is 1. The van der Waals surface area contributed by atoms with E-state index in [0.717, 1.165) is 16.8 Å². The topological polar surface area (TPSA) is 305 Å². The second kappa shape index (κ2) is 11.8. The van der Waals surface area contributed by atoms with Gasteiger partial charge in [0.25, 0.3) is 5.56 Å². The van der Waals surface area contributed by atoms with Crippen LogP contribution in [0.25, 0.3) is 10.4 Å². The van der Waals surface area contributed by atoms with Crippen LogP contribution in [0.1, 0.15) is 12.6 Å². The largest absolute Gasteiger partial charge is 0.483 e. The number of nitrogens with zero attached hydrogens (tertiary/aromatic N) is 4. The summed E-state index contributed by atoms with van der Waals surface area (Å²) in [5.41, 5.74) is 7.25. The van der Waals surface area contributed by atoms with Crippen LogP contribution in [-0.2, 0) is 32.0 Å². The molecule has 22 heteroatoms. The Kier molecular flexibility index (Phi) is 9.44. The van der Waals surface area contributed by atoms with Crippen molar-refractivity contribution in [1.82, 2.24) is 9.55 Å². The summed E-state index contributed by atoms with van der Waals surface area (Å²) in [6.45, 7) is -1.74. The Balaban J connectivity index is 1.64. The monoisotopic (exact) mass is 575 g/mol. The molecule has 10 atom stereocenters. The standard InChI is InChI=1S/C15H23N5O15P2/c16-19-18-6-3-10(20-2-1-9(22)17-15(20)26)32-8(6)5-31-36(27,28)35-37(29,30)34-14-13(25)12(24)11(23)7(4-21)33-14/h1-2,6-8,10-14,21,23-25H,3-5H2,(H,27,28)(H,29,30)(H,17,22,26)/t6-,7+,8+,10+,11-,12-,13+,14+/m0/s1. The Morgan fingerprint density at radius 1 is 1.14 bits per heavy atom. The maximum absolute atomic E-state index is 12.3. The van der Waals surface area contributed by atoms with Crippen molar-refractivity contribution in [3.8, 4) is 0 Å². The maximum Gasteiger partial charge on any atom is 0.483 e. The lowest BCUT2D eigenvalue weighted by atomic mass is 10.00. The molecule has 1 aromatic rings. The predicted molar refractivity (Wildman–Crippen MR) is 114 cm³/mol. The van der Waals surface area contributed by atoms with Gasteiger partial charge in [0.2, 0.25) is 0 Å². The number of aromatic amines is 1. The third-order valence-corrected chi connectivity index (χ3v) is 7.86. The summed E-state index contributed by atoms with van der Waals surface area (Å²) in [6, 6.07) is -0.0126. The van der Waals surface area contributed by atoms with E-state index in [1.165, 1.54) is 0 Å². The Morgan fingerprint density at radius 3 is 2.46 bits per heavy atom. The molecule has 37 heavy (non-hydrogen) atoms. The van der Waals surface area contributed by atoms with Gasteiger partial charge in [0, 0.05) is 23.6 Å². The van der Waals surface area contributed by atoms with E-state index in [1.54, 1.807) is 0 Å². The molecule has 0 saturated carbocycles. The van der Waals surface area contributed by atoms with E-state index in [4.69, 9.17) is 20.1 Å². The van der Waals surface area contributed by atoms with Gasteiger partial charge < -0.3 is 39.7 Å². The summed E-state index contributed by atoms with van der Waals surface area (Å²) < 4.78 is 49.1. The zero-order valence-electron chi connectivity index (χ0n) is 18.4. The molecule has 2 aliphatic rings. The summed E-state index contributed by atoms with van der Waals surface area (Å²) in [5, 5.41) is 41.9. The zero-order valence-corrected chi connectivity index (χ0v) is 20.2. The van der Waals surface area contributed by atoms with Gasteiger partial charge in [-0.1, -0.05) is 5.11 Å². The van der Waals surface area contributed by atoms with E-state index in [0.29, 0.717) is 0 Å². The van der Waals surface area contributed by atoms with Gasteiger partial charge in [-0.3, -0.25) is 23.4 Å². The molecule has 3 rings (SSSR count). The fourth-order valence-corrected chi connectivity index (χ4v) is 5.66. The van der Waals surface area contributed by atoms with Crippen LogP contribution in [0.5, 0.6) is 0 Å². The molecule has 2 fully saturated rings. The number of aliphatic hydroxyl groups is 4. The second-order valence-corrected chi connectivity index (χ2v) is 10.8. The number of aromatic nitrogens is 2. The molecule has 2 aliphatic heterocycles. The molecule has 20 nitrogen and oxygen atoms in total. The van der Waals surface area contributed by atoms with Gasteiger partial charge in [0.1, 0.15) is 30.6 Å². The molecule has 0 amide bonds. The zero-order chi connectivity index (χ0) is 27.5. The Bertz CT molecular complexity index is 1220. The highest BCUT2D eigenvalue weighted by Crippen LogP contribution is 2.61. The van der Waals surface area contributed by atoms with Crippen molar-refractivity contribution in [2.75, 3.05) is 13.2 Å². The Hall–Kier alpha value is -1.99. The summed E-state index contributed by atoms with van der Waals surface area (Å²) in [6.07, 6.45) is -10.9. The summed E-state index contributed by atoms with van der Waals surface area (Å²) in [7, 11) is -11.0. The molecule has 2 unspecified atom stereocenters. The van der Waals surface area contributed by atoms with Crippen LogP contribution in [0.3, 0.4) is 0 Å². The van der Waals surface area contributed by atoms with Crippen molar-refractivity contribution in [3.05, 3.63) is 43.5 Å². The number of aliphatic hydroxyl groups excluding tert-OH is 4. The van der Waals surface area contributed by atoms with Gasteiger partial charge in [0.15, 0.2) is 6.29 Å². The lowest BCUT2D eigenvalue weighted by molar-refractivity contribution is -0.280. The third-order valence-electron chi connectivity index (χ3n) is 5.26. The molecule has 7 N–H and O–H groups in total. The highest BCUT2D eigenvalue weighted by atomic mass is 31.3. The van der Waals surface area contributed by atoms with E-state index in [2.05, 4.69) is 23.4 Å². The molecule has 0 aromatic carbocycles. The fraction of sp³-hybridized carbons (Fsp3) is 0.733. The van der Waals surface area contributed by atoms with Crippen molar-refractivity contribution in [3.63, 3.8) is 0 Å². The van der Waals surface area contributed by atoms with Gasteiger partial charge in [-0.25, -0.2) is 13.9 Å². The predicted octanol–water partition coefficient (Wildman–Crippen LogP) is -2.45. The van der Waals surface area contributed by atoms with Crippen LogP contribution in [0.2, 0.25) is 0 Å². The molecule has 1 aromatic heterocycles. The Labute approximate surface area is 205 Å². The first kappa shape index (κ1) is 29.6. The minimum atomic E-state index is -5.56. The van der Waals surface area contributed by atoms with E-state index in [1.807, 2.05) is 4.98 Å². The minimum absolute atomic E-state index is 0.112. The van der Waals surface area contributed by atoms with Gasteiger partial charge in [0.05, 0.1) is 25.4 Å². The van der Waals surface area contributed by atoms with Crippen LogP contribution in [-0.4, -0.2) is 95.8 Å². The van der Waals surface area contributed by atoms with Crippen LogP contribution in [0, 0.1) is 0 Å². The Morgan fingerprint density at radius 2 is 1.84 bits per heavy atom. The average molecular weight is 575 g/mol. The number of hydrogen-bond donors (Lipinski definition) is 7. The number of rotatable bonds is 10. The van der Waals surface area contributed by atoms with E-state index in [9.17, 15) is 43.8 Å². The third kappa shape index (κ3) is 7.32. The van der Waals surface area contributed by atoms with Crippen molar-refractivity contribution in [1.29, 1.82) is 0 Å². The first-order valence-corrected chi connectivity index (χ1v) is 13.3. The van der Waals surface area contributed by atoms with E-state index >= 15 is 0 Å². The highest BCUT2D eigenvalue weighted by molar-refractivity contribution is 7.61. The van der Waals surface area contributed by atoms with Crippen molar-refractivity contribution in [2.45, 2.75) is 55.5 Å². The first-order valence-electron chi connectivity index (χ1n) is 10.3. The normalized spacial score (nSPS) is 35.3. The van der Waals surface area contributed by atoms with Crippen molar-refractivity contribution in [2.24, 2.45) is 5.11 Å². The molecule has 3 heterocycles. The van der Waals surface area contributed by atoms with Gasteiger partial charge in [-0.15, -0.1) is 0 Å². The molecule has 0 bridgehead atoms. The van der Waals surface area contributed by atoms with Crippen LogP contribution in [0.15, 0.2) is 27.0 Å². The molecule has 208 valence electrons. The summed E-state index contributed by atoms with van der Waals surface area (Å²) in [4.78, 5) is 47.6. The van der Waals surface area contributed by atoms with E-state index < -0.39 is 89.2 Å². The number of phosphoric ester groups is 2. The molecule has 2 saturated heterocycles. The number of azide groups is 1. The number of phosphoric acid groups is 2. The smallest absolute Gasteiger partial charge is 0.394 e. The molecule has 0 spiro atoms. The first-order chi connectivity index (χ1) is 17.3. The lowest BCUT2D eigenvalue weighted by Gasteiger charge is -2.39. The van der Waals surface area contributed by atoms with E-state index in [-0.39, 0.29) is 6.42 Å². The van der Waals surface area contributed by atoms with Crippen LogP contribution >= 0.6 is 15.6 Å². The van der Waals surface area contributed by atoms with Gasteiger partial charge >= 0.3 is 21.3 Å². The van der Waals surface area contributed by atoms with Crippen molar-refractivity contribution < 1.29 is 62.2 Å². The average Bonchev–Trinajstić information content (AvgIpc) is 3.20. The van der Waals surface area contributed by atoms with Gasteiger partial charge in [-0.2, -0.15) is 4.31 Å². The van der Waals surface area contributed by atoms with Crippen LogP contribution in [0.4, 0.5) is 0 Å². The molecule has 0 aliphatic carbocycles. The van der Waals surface area contributed by atoms with Crippen LogP contribution < -0.4 is 11.2 Å². The van der Waals surface area contributed by atoms with Gasteiger partial charge in [-0.05, 0) is 5.53 Å². The molecule has 0 radical (unpaired) electrons. The highest BCUT2D eigenvalue weighted by Gasteiger charge is 2.48. The number of nitrogens with one attached hydrogen (secondary N) is 1. The minimum Gasteiger partial charge on any atom is -0.394 e. The number of ether oxygens (including phenoxy) is 2.